The van der Waals surface area contributed by atoms with Crippen LogP contribution in [0.4, 0.5) is 0 Å². The zero-order chi connectivity index (χ0) is 16.9. The molecule has 1 aromatic rings. The molecule has 4 heteroatoms. The predicted octanol–water partition coefficient (Wildman–Crippen LogP) is 2.70. The van der Waals surface area contributed by atoms with E-state index in [-0.39, 0.29) is 11.9 Å². The van der Waals surface area contributed by atoms with Gasteiger partial charge in [-0.2, -0.15) is 0 Å². The minimum atomic E-state index is -0.404. The molecule has 23 heavy (non-hydrogen) atoms. The van der Waals surface area contributed by atoms with Crippen LogP contribution in [0, 0.1) is 5.41 Å². The van der Waals surface area contributed by atoms with Crippen LogP contribution in [-0.2, 0) is 4.79 Å². The van der Waals surface area contributed by atoms with Crippen molar-refractivity contribution in [2.45, 2.75) is 52.1 Å². The van der Waals surface area contributed by atoms with Crippen molar-refractivity contribution in [1.82, 2.24) is 10.2 Å². The number of likely N-dealkylation sites (tertiary alicyclic amines) is 1. The maximum atomic E-state index is 12.7. The summed E-state index contributed by atoms with van der Waals surface area (Å²) in [5, 5.41) is 3.25. The number of nitrogens with one attached hydrogen (secondary N) is 1. The first-order valence-electron chi connectivity index (χ1n) is 8.86. The summed E-state index contributed by atoms with van der Waals surface area (Å²) in [6.07, 6.45) is 2.60. The van der Waals surface area contributed by atoms with Gasteiger partial charge >= 0.3 is 0 Å². The van der Waals surface area contributed by atoms with Crippen molar-refractivity contribution >= 4 is 5.91 Å². The molecule has 1 aliphatic rings. The monoisotopic (exact) mass is 317 g/mol. The highest BCUT2D eigenvalue weighted by atomic mass is 16.2. The van der Waals surface area contributed by atoms with E-state index in [2.05, 4.69) is 41.4 Å². The molecule has 1 heterocycles. The van der Waals surface area contributed by atoms with E-state index < -0.39 is 5.41 Å². The quantitative estimate of drug-likeness (QED) is 0.813. The maximum Gasteiger partial charge on any atom is 0.227 e. The van der Waals surface area contributed by atoms with Gasteiger partial charge in [-0.3, -0.25) is 9.69 Å². The van der Waals surface area contributed by atoms with Gasteiger partial charge in [-0.1, -0.05) is 44.2 Å². The number of hydrogen-bond acceptors (Lipinski definition) is 3. The second-order valence-electron chi connectivity index (χ2n) is 6.73. The molecule has 2 rings (SSSR count). The van der Waals surface area contributed by atoms with E-state index in [4.69, 9.17) is 5.73 Å². The first-order chi connectivity index (χ1) is 11.1. The summed E-state index contributed by atoms with van der Waals surface area (Å²) in [5.74, 6) is 0.129. The minimum Gasteiger partial charge on any atom is -0.352 e. The summed E-state index contributed by atoms with van der Waals surface area (Å²) in [4.78, 5) is 15.1. The van der Waals surface area contributed by atoms with Crippen molar-refractivity contribution in [2.24, 2.45) is 11.1 Å². The Morgan fingerprint density at radius 2 is 2.00 bits per heavy atom. The van der Waals surface area contributed by atoms with Crippen molar-refractivity contribution in [1.29, 1.82) is 0 Å². The summed E-state index contributed by atoms with van der Waals surface area (Å²) < 4.78 is 0. The third-order valence-corrected chi connectivity index (χ3v) is 5.61. The number of carbonyl (C=O) groups is 1. The Hall–Kier alpha value is -1.39. The fraction of sp³-hybridized carbons (Fsp3) is 0.632. The molecule has 0 radical (unpaired) electrons. The largest absolute Gasteiger partial charge is 0.352 e. The lowest BCUT2D eigenvalue weighted by Crippen LogP contribution is -2.49. The number of nitrogens with zero attached hydrogens (tertiary/aromatic N) is 1. The summed E-state index contributed by atoms with van der Waals surface area (Å²) in [5.41, 5.74) is 6.81. The zero-order valence-electron chi connectivity index (χ0n) is 14.7. The summed E-state index contributed by atoms with van der Waals surface area (Å²) >= 11 is 0. The Kier molecular flexibility index (Phi) is 6.19. The number of carbonyl (C=O) groups excluding carboxylic acids is 1. The zero-order valence-corrected chi connectivity index (χ0v) is 14.7. The molecule has 4 nitrogen and oxygen atoms in total. The van der Waals surface area contributed by atoms with E-state index in [1.54, 1.807) is 0 Å². The Labute approximate surface area is 140 Å². The van der Waals surface area contributed by atoms with Crippen LogP contribution in [-0.4, -0.2) is 36.5 Å². The summed E-state index contributed by atoms with van der Waals surface area (Å²) in [6.45, 7) is 8.69. The lowest BCUT2D eigenvalue weighted by Gasteiger charge is -2.30. The van der Waals surface area contributed by atoms with E-state index in [9.17, 15) is 4.79 Å². The van der Waals surface area contributed by atoms with E-state index in [1.807, 2.05) is 19.9 Å². The Morgan fingerprint density at radius 1 is 1.35 bits per heavy atom. The molecule has 1 aromatic carbocycles. The van der Waals surface area contributed by atoms with Gasteiger partial charge < -0.3 is 11.1 Å². The highest BCUT2D eigenvalue weighted by Gasteiger charge is 2.36. The van der Waals surface area contributed by atoms with Crippen molar-refractivity contribution in [3.63, 3.8) is 0 Å². The molecule has 3 N–H and O–H groups in total. The first-order valence-corrected chi connectivity index (χ1v) is 8.86. The Morgan fingerprint density at radius 3 is 2.57 bits per heavy atom. The molecule has 0 aliphatic carbocycles. The fourth-order valence-corrected chi connectivity index (χ4v) is 3.49. The van der Waals surface area contributed by atoms with Crippen molar-refractivity contribution in [3.8, 4) is 0 Å². The maximum absolute atomic E-state index is 12.7. The molecule has 1 saturated heterocycles. The first kappa shape index (κ1) is 18.0. The number of amides is 1. The van der Waals surface area contributed by atoms with Gasteiger partial charge in [0.15, 0.2) is 0 Å². The van der Waals surface area contributed by atoms with E-state index >= 15 is 0 Å². The van der Waals surface area contributed by atoms with Gasteiger partial charge in [-0.25, -0.2) is 0 Å². The van der Waals surface area contributed by atoms with Crippen LogP contribution < -0.4 is 11.1 Å². The lowest BCUT2D eigenvalue weighted by atomic mass is 9.81. The van der Waals surface area contributed by atoms with Crippen LogP contribution in [0.25, 0.3) is 0 Å². The fourth-order valence-electron chi connectivity index (χ4n) is 3.49. The standard InChI is InChI=1S/C19H31N3O/c1-4-19(5-2,14-20)18(23)21-17-11-12-22(13-17)15(3)16-9-7-6-8-10-16/h6-10,15,17H,4-5,11-14,20H2,1-3H3,(H,21,23). The van der Waals surface area contributed by atoms with Crippen LogP contribution in [0.15, 0.2) is 30.3 Å². The van der Waals surface area contributed by atoms with Gasteiger partial charge in [-0.05, 0) is 31.7 Å². The second kappa shape index (κ2) is 7.93. The molecule has 0 saturated carbocycles. The molecule has 2 atom stereocenters. The molecule has 0 bridgehead atoms. The van der Waals surface area contributed by atoms with Gasteiger partial charge in [0.25, 0.3) is 0 Å². The van der Waals surface area contributed by atoms with Crippen molar-refractivity contribution in [3.05, 3.63) is 35.9 Å². The molecule has 1 fully saturated rings. The highest BCUT2D eigenvalue weighted by Crippen LogP contribution is 2.28. The van der Waals surface area contributed by atoms with Crippen LogP contribution in [0.5, 0.6) is 0 Å². The molecular formula is C19H31N3O. The van der Waals surface area contributed by atoms with E-state index in [0.29, 0.717) is 12.6 Å². The third-order valence-electron chi connectivity index (χ3n) is 5.61. The van der Waals surface area contributed by atoms with Crippen LogP contribution in [0.1, 0.15) is 51.6 Å². The predicted molar refractivity (Wildman–Crippen MR) is 95.0 cm³/mol. The third kappa shape index (κ3) is 3.93. The molecule has 2 unspecified atom stereocenters. The Balaban J connectivity index is 1.94. The Bertz CT molecular complexity index is 490. The summed E-state index contributed by atoms with van der Waals surface area (Å²) in [7, 11) is 0. The van der Waals surface area contributed by atoms with Crippen LogP contribution in [0.3, 0.4) is 0 Å². The summed E-state index contributed by atoms with van der Waals surface area (Å²) in [6, 6.07) is 11.2. The molecule has 1 amide bonds. The molecule has 0 spiro atoms. The average Bonchev–Trinajstić information content (AvgIpc) is 3.05. The van der Waals surface area contributed by atoms with Crippen molar-refractivity contribution < 1.29 is 4.79 Å². The van der Waals surface area contributed by atoms with Gasteiger partial charge in [0, 0.05) is 31.7 Å². The molecule has 0 aromatic heterocycles. The van der Waals surface area contributed by atoms with Crippen LogP contribution in [0.2, 0.25) is 0 Å². The average molecular weight is 317 g/mol. The molecular weight excluding hydrogens is 286 g/mol. The smallest absolute Gasteiger partial charge is 0.227 e. The topological polar surface area (TPSA) is 58.4 Å². The van der Waals surface area contributed by atoms with E-state index in [0.717, 1.165) is 32.4 Å². The number of benzene rings is 1. The van der Waals surface area contributed by atoms with Crippen LogP contribution >= 0.6 is 0 Å². The highest BCUT2D eigenvalue weighted by molar-refractivity contribution is 5.83. The van der Waals surface area contributed by atoms with Gasteiger partial charge in [0.1, 0.15) is 0 Å². The van der Waals surface area contributed by atoms with Gasteiger partial charge in [0.2, 0.25) is 5.91 Å². The van der Waals surface area contributed by atoms with Crippen molar-refractivity contribution in [2.75, 3.05) is 19.6 Å². The van der Waals surface area contributed by atoms with Gasteiger partial charge in [0.05, 0.1) is 5.41 Å². The van der Waals surface area contributed by atoms with Gasteiger partial charge in [-0.15, -0.1) is 0 Å². The number of hydrogen-bond donors (Lipinski definition) is 2. The SMILES string of the molecule is CCC(CC)(CN)C(=O)NC1CCN(C(C)c2ccccc2)C1. The molecule has 1 aliphatic heterocycles. The lowest BCUT2D eigenvalue weighted by molar-refractivity contribution is -0.131. The van der Waals surface area contributed by atoms with E-state index in [1.165, 1.54) is 5.56 Å². The minimum absolute atomic E-state index is 0.129. The second-order valence-corrected chi connectivity index (χ2v) is 6.73. The molecule has 128 valence electrons. The number of rotatable bonds is 7. The number of nitrogens with two attached hydrogens (primary N) is 1. The normalized spacial score (nSPS) is 20.4.